The van der Waals surface area contributed by atoms with E-state index in [9.17, 15) is 19.2 Å². The van der Waals surface area contributed by atoms with Crippen molar-refractivity contribution in [2.24, 2.45) is 17.8 Å². The minimum atomic E-state index is -0.670. The molecule has 0 bridgehead atoms. The predicted octanol–water partition coefficient (Wildman–Crippen LogP) is 7.18. The Labute approximate surface area is 429 Å². The number of imide groups is 1. The highest BCUT2D eigenvalue weighted by Crippen LogP contribution is 2.52. The fourth-order valence-corrected chi connectivity index (χ4v) is 13.7. The fourth-order valence-electron chi connectivity index (χ4n) is 13.7. The molecule has 9 heterocycles. The number of nitrogens with zero attached hydrogens (tertiary/aromatic N) is 9. The normalized spacial score (nSPS) is 25.6. The van der Waals surface area contributed by atoms with Crippen molar-refractivity contribution < 1.29 is 24.0 Å². The molecule has 5 amide bonds. The number of piperidine rings is 5. The highest BCUT2D eigenvalue weighted by Gasteiger charge is 2.56. The highest BCUT2D eigenvalue weighted by molar-refractivity contribution is 6.09. The van der Waals surface area contributed by atoms with Crippen LogP contribution in [0.2, 0.25) is 0 Å². The van der Waals surface area contributed by atoms with Crippen molar-refractivity contribution >= 4 is 57.9 Å². The number of imidazole rings is 1. The summed E-state index contributed by atoms with van der Waals surface area (Å²) in [6, 6.07) is 13.9. The van der Waals surface area contributed by atoms with Gasteiger partial charge in [0.15, 0.2) is 5.82 Å². The van der Waals surface area contributed by atoms with Gasteiger partial charge in [0.1, 0.15) is 11.3 Å². The summed E-state index contributed by atoms with van der Waals surface area (Å²) >= 11 is 0. The van der Waals surface area contributed by atoms with Gasteiger partial charge in [-0.2, -0.15) is 0 Å². The molecule has 2 aliphatic carbocycles. The number of amides is 5. The molecule has 8 aliphatic rings. The van der Waals surface area contributed by atoms with E-state index in [2.05, 4.69) is 79.9 Å². The van der Waals surface area contributed by atoms with Gasteiger partial charge in [-0.25, -0.2) is 15.0 Å². The van der Waals surface area contributed by atoms with E-state index < -0.39 is 5.41 Å². The second-order valence-electron chi connectivity index (χ2n) is 23.2. The van der Waals surface area contributed by atoms with Crippen molar-refractivity contribution in [3.05, 3.63) is 60.0 Å². The molecule has 386 valence electrons. The van der Waals surface area contributed by atoms with Gasteiger partial charge in [-0.05, 0) is 146 Å². The number of anilines is 3. The van der Waals surface area contributed by atoms with Crippen LogP contribution in [0.4, 0.5) is 17.3 Å². The summed E-state index contributed by atoms with van der Waals surface area (Å²) in [5.74, 6) is 1.46. The number of rotatable bonds is 11. The van der Waals surface area contributed by atoms with Crippen LogP contribution in [0.5, 0.6) is 0 Å². The molecule has 2 atom stereocenters. The lowest BCUT2D eigenvalue weighted by atomic mass is 9.73. The number of hydrogen-bond acceptors (Lipinski definition) is 11. The van der Waals surface area contributed by atoms with Gasteiger partial charge in [-0.15, -0.1) is 0 Å². The third-order valence-electron chi connectivity index (χ3n) is 18.5. The summed E-state index contributed by atoms with van der Waals surface area (Å²) in [7, 11) is 0. The van der Waals surface area contributed by atoms with Crippen LogP contribution in [0.15, 0.2) is 48.9 Å². The van der Waals surface area contributed by atoms with Gasteiger partial charge in [0.05, 0.1) is 28.9 Å². The highest BCUT2D eigenvalue weighted by atomic mass is 16.2. The van der Waals surface area contributed by atoms with E-state index in [0.29, 0.717) is 63.9 Å². The number of hydrogen-bond donors (Lipinski definition) is 2. The van der Waals surface area contributed by atoms with Crippen molar-refractivity contribution in [3.8, 4) is 11.3 Å². The predicted molar refractivity (Wildman–Crippen MR) is 280 cm³/mol. The molecule has 5 saturated heterocycles. The molecule has 1 spiro atoms. The van der Waals surface area contributed by atoms with Gasteiger partial charge < -0.3 is 34.4 Å². The SMILES string of the molecule is CC(C(=O)N1CCC2(CC1)C(=O)N([C@H]1C[C@@H](N3CCCCC3)C1)c1cc(-c3cc4ncn(C(C)C)c4c(NC4CC4)n3)ccc12)C1CCN(C(=O)C2CCN(c3ccc(C4CCC(=O)NC4=O)cn3)CC2)CC1. The summed E-state index contributed by atoms with van der Waals surface area (Å²) in [5.41, 5.74) is 6.07. The van der Waals surface area contributed by atoms with Gasteiger partial charge in [0.2, 0.25) is 29.5 Å². The number of fused-ring (bicyclic) bond motifs is 3. The van der Waals surface area contributed by atoms with Crippen LogP contribution in [-0.4, -0.2) is 134 Å². The molecular formula is C57H73N11O5. The van der Waals surface area contributed by atoms with Crippen LogP contribution in [-0.2, 0) is 29.4 Å². The average molecular weight is 992 g/mol. The average Bonchev–Trinajstić information content (AvgIpc) is 4.07. The number of aromatic nitrogens is 4. The van der Waals surface area contributed by atoms with Crippen molar-refractivity contribution in [1.29, 1.82) is 0 Å². The molecule has 4 aromatic rings. The van der Waals surface area contributed by atoms with E-state index in [0.717, 1.165) is 128 Å². The van der Waals surface area contributed by atoms with Crippen molar-refractivity contribution in [2.75, 3.05) is 67.5 Å². The summed E-state index contributed by atoms with van der Waals surface area (Å²) in [5, 5.41) is 6.14. The second-order valence-corrected chi connectivity index (χ2v) is 23.2. The zero-order valence-electron chi connectivity index (χ0n) is 43.1. The summed E-state index contributed by atoms with van der Waals surface area (Å²) < 4.78 is 2.20. The van der Waals surface area contributed by atoms with Crippen molar-refractivity contribution in [1.82, 2.24) is 39.5 Å². The van der Waals surface area contributed by atoms with E-state index in [1.807, 2.05) is 28.3 Å². The standard InChI is InChI=1S/C57H73N11O5/c1-35(2)67-34-59-47-32-46(61-52(51(47)67)60-41-9-10-41)39-7-12-45-48(29-39)68(43-30-42(31-43)63-21-5-4-6-22-63)56(73)57(45)19-27-66(28-20-57)54(71)36(3)37-15-25-65(26-16-37)55(72)38-17-23-64(24-18-38)49-13-8-40(33-58-49)44-11-14-50(69)62-53(44)70/h7-8,12-13,29,32-38,41-44H,4-6,9-11,14-28,30-31H2,1-3H3,(H,60,61)(H,62,69,70)/t36?,42-,43+,44?. The molecule has 7 fully saturated rings. The zero-order valence-corrected chi connectivity index (χ0v) is 43.1. The maximum absolute atomic E-state index is 15.3. The molecular weight excluding hydrogens is 919 g/mol. The Balaban J connectivity index is 0.686. The van der Waals surface area contributed by atoms with Crippen LogP contribution in [0, 0.1) is 17.8 Å². The fraction of sp³-hybridized carbons (Fsp3) is 0.614. The maximum atomic E-state index is 15.3. The largest absolute Gasteiger partial charge is 0.366 e. The zero-order chi connectivity index (χ0) is 50.1. The third kappa shape index (κ3) is 8.96. The molecule has 2 unspecified atom stereocenters. The smallest absolute Gasteiger partial charge is 0.238 e. The number of nitrogens with one attached hydrogen (secondary N) is 2. The Morgan fingerprint density at radius 3 is 2.22 bits per heavy atom. The van der Waals surface area contributed by atoms with Gasteiger partial charge in [0.25, 0.3) is 0 Å². The molecule has 16 heteroatoms. The van der Waals surface area contributed by atoms with Gasteiger partial charge in [-0.3, -0.25) is 29.3 Å². The van der Waals surface area contributed by atoms with E-state index in [1.165, 1.54) is 19.3 Å². The molecule has 3 aromatic heterocycles. The van der Waals surface area contributed by atoms with Gasteiger partial charge >= 0.3 is 0 Å². The van der Waals surface area contributed by atoms with Crippen molar-refractivity contribution in [2.45, 2.75) is 153 Å². The minimum absolute atomic E-state index is 0.0369. The van der Waals surface area contributed by atoms with Crippen LogP contribution in [0.1, 0.15) is 140 Å². The lowest BCUT2D eigenvalue weighted by molar-refractivity contribution is -0.142. The first-order chi connectivity index (χ1) is 35.4. The van der Waals surface area contributed by atoms with E-state index in [1.54, 1.807) is 6.20 Å². The van der Waals surface area contributed by atoms with E-state index >= 15 is 4.79 Å². The number of carbonyl (C=O) groups excluding carboxylic acids is 5. The minimum Gasteiger partial charge on any atom is -0.366 e. The quantitative estimate of drug-likeness (QED) is 0.146. The summed E-state index contributed by atoms with van der Waals surface area (Å²) in [6.45, 7) is 12.6. The number of benzene rings is 1. The molecule has 2 N–H and O–H groups in total. The first-order valence-corrected chi connectivity index (χ1v) is 27.9. The van der Waals surface area contributed by atoms with Crippen molar-refractivity contribution in [3.63, 3.8) is 0 Å². The Morgan fingerprint density at radius 2 is 1.53 bits per heavy atom. The Kier molecular flexibility index (Phi) is 12.8. The van der Waals surface area contributed by atoms with Crippen LogP contribution >= 0.6 is 0 Å². The lowest BCUT2D eigenvalue weighted by Crippen LogP contribution is -2.58. The molecule has 12 rings (SSSR count). The first-order valence-electron chi connectivity index (χ1n) is 27.9. The molecule has 2 saturated carbocycles. The van der Waals surface area contributed by atoms with Crippen LogP contribution in [0.3, 0.4) is 0 Å². The molecule has 16 nitrogen and oxygen atoms in total. The lowest BCUT2D eigenvalue weighted by Gasteiger charge is -2.48. The summed E-state index contributed by atoms with van der Waals surface area (Å²) in [4.78, 5) is 93.4. The van der Waals surface area contributed by atoms with E-state index in [-0.39, 0.29) is 65.3 Å². The Morgan fingerprint density at radius 1 is 0.781 bits per heavy atom. The topological polar surface area (TPSA) is 169 Å². The van der Waals surface area contributed by atoms with E-state index in [4.69, 9.17) is 9.97 Å². The van der Waals surface area contributed by atoms with Crippen LogP contribution < -0.4 is 20.4 Å². The number of carbonyl (C=O) groups is 5. The Hall–Kier alpha value is -5.90. The number of likely N-dealkylation sites (tertiary alicyclic amines) is 3. The van der Waals surface area contributed by atoms with Gasteiger partial charge in [-0.1, -0.05) is 31.5 Å². The third-order valence-corrected chi connectivity index (χ3v) is 18.5. The van der Waals surface area contributed by atoms with Gasteiger partial charge in [0, 0.05) is 99.1 Å². The summed E-state index contributed by atoms with van der Waals surface area (Å²) in [6.07, 6.45) is 16.9. The first kappa shape index (κ1) is 48.1. The molecule has 1 aromatic carbocycles. The maximum Gasteiger partial charge on any atom is 0.238 e. The second kappa shape index (κ2) is 19.4. The molecule has 0 radical (unpaired) electrons. The molecule has 6 aliphatic heterocycles. The van der Waals surface area contributed by atoms with Crippen LogP contribution in [0.25, 0.3) is 22.3 Å². The number of pyridine rings is 2. The molecule has 73 heavy (non-hydrogen) atoms. The monoisotopic (exact) mass is 992 g/mol. The Bertz CT molecular complexity index is 2770.